The van der Waals surface area contributed by atoms with Crippen LogP contribution >= 0.6 is 23.2 Å². The average Bonchev–Trinajstić information content (AvgIpc) is 2.24. The molecule has 5 heteroatoms. The number of nitrogens with one attached hydrogen (secondary N) is 1. The summed E-state index contributed by atoms with van der Waals surface area (Å²) in [7, 11) is 0. The molecular weight excluding hydrogens is 249 g/mol. The summed E-state index contributed by atoms with van der Waals surface area (Å²) in [6.07, 6.45) is 1.61. The summed E-state index contributed by atoms with van der Waals surface area (Å²) >= 11 is 11.8. The van der Waals surface area contributed by atoms with E-state index in [1.807, 2.05) is 0 Å². The lowest BCUT2D eigenvalue weighted by Crippen LogP contribution is -2.12. The van der Waals surface area contributed by atoms with Gasteiger partial charge < -0.3 is 10.4 Å². The lowest BCUT2D eigenvalue weighted by atomic mass is 10.2. The van der Waals surface area contributed by atoms with Crippen LogP contribution in [0.15, 0.2) is 18.2 Å². The molecule has 0 fully saturated rings. The quantitative estimate of drug-likeness (QED) is 0.801. The second kappa shape index (κ2) is 6.74. The molecule has 0 aliphatic rings. The Morgan fingerprint density at radius 3 is 2.44 bits per heavy atom. The Kier molecular flexibility index (Phi) is 5.60. The molecule has 0 radical (unpaired) electrons. The van der Waals surface area contributed by atoms with Gasteiger partial charge in [-0.15, -0.1) is 0 Å². The van der Waals surface area contributed by atoms with Crippen LogP contribution in [0.5, 0.6) is 0 Å². The first-order valence-corrected chi connectivity index (χ1v) is 5.75. The number of carbonyl (C=O) groups excluding carboxylic acids is 1. The van der Waals surface area contributed by atoms with Crippen molar-refractivity contribution in [3.63, 3.8) is 0 Å². The van der Waals surface area contributed by atoms with Gasteiger partial charge in [0.1, 0.15) is 0 Å². The predicted molar refractivity (Wildman–Crippen MR) is 66.0 cm³/mol. The first-order valence-electron chi connectivity index (χ1n) is 5.00. The largest absolute Gasteiger partial charge is 0.396 e. The minimum Gasteiger partial charge on any atom is -0.396 e. The molecule has 2 N–H and O–H groups in total. The predicted octanol–water partition coefficient (Wildman–Crippen LogP) is 3.09. The Bertz CT molecular complexity index is 349. The maximum Gasteiger partial charge on any atom is 0.224 e. The molecule has 0 heterocycles. The zero-order chi connectivity index (χ0) is 12.0. The van der Waals surface area contributed by atoms with E-state index in [4.69, 9.17) is 28.3 Å². The molecule has 0 spiro atoms. The molecular formula is C11H13Cl2NO2. The van der Waals surface area contributed by atoms with Crippen LogP contribution < -0.4 is 5.32 Å². The number of aliphatic hydroxyl groups excluding tert-OH is 1. The van der Waals surface area contributed by atoms with Gasteiger partial charge in [-0.3, -0.25) is 4.79 Å². The summed E-state index contributed by atoms with van der Waals surface area (Å²) in [6, 6.07) is 5.04. The smallest absolute Gasteiger partial charge is 0.224 e. The Balaban J connectivity index is 2.56. The van der Waals surface area contributed by atoms with Gasteiger partial charge in [-0.25, -0.2) is 0 Å². The molecule has 88 valence electrons. The van der Waals surface area contributed by atoms with Crippen molar-refractivity contribution in [1.29, 1.82) is 0 Å². The normalized spacial score (nSPS) is 10.2. The van der Waals surface area contributed by atoms with Crippen LogP contribution in [0.2, 0.25) is 10.0 Å². The Morgan fingerprint density at radius 1 is 1.25 bits per heavy atom. The maximum atomic E-state index is 11.5. The van der Waals surface area contributed by atoms with Gasteiger partial charge in [-0.05, 0) is 25.0 Å². The molecule has 0 aliphatic carbocycles. The van der Waals surface area contributed by atoms with Gasteiger partial charge in [-0.1, -0.05) is 29.3 Å². The van der Waals surface area contributed by atoms with Gasteiger partial charge in [0.25, 0.3) is 0 Å². The molecule has 0 saturated heterocycles. The van der Waals surface area contributed by atoms with Crippen LogP contribution in [0.3, 0.4) is 0 Å². The average molecular weight is 262 g/mol. The van der Waals surface area contributed by atoms with Gasteiger partial charge >= 0.3 is 0 Å². The first kappa shape index (κ1) is 13.3. The topological polar surface area (TPSA) is 49.3 Å². The zero-order valence-electron chi connectivity index (χ0n) is 8.67. The van der Waals surface area contributed by atoms with E-state index in [-0.39, 0.29) is 12.5 Å². The van der Waals surface area contributed by atoms with Crippen molar-refractivity contribution in [2.24, 2.45) is 0 Å². The summed E-state index contributed by atoms with van der Waals surface area (Å²) < 4.78 is 0. The van der Waals surface area contributed by atoms with E-state index >= 15 is 0 Å². The van der Waals surface area contributed by atoms with Crippen molar-refractivity contribution in [3.8, 4) is 0 Å². The van der Waals surface area contributed by atoms with Crippen molar-refractivity contribution in [1.82, 2.24) is 0 Å². The fourth-order valence-corrected chi connectivity index (χ4v) is 1.71. The second-order valence-electron chi connectivity index (χ2n) is 3.33. The number of benzene rings is 1. The molecule has 0 unspecified atom stereocenters. The number of hydrogen-bond donors (Lipinski definition) is 2. The molecule has 1 amide bonds. The Hall–Kier alpha value is -0.770. The number of amides is 1. The minimum absolute atomic E-state index is 0.0974. The third-order valence-electron chi connectivity index (χ3n) is 2.04. The Labute approximate surface area is 104 Å². The van der Waals surface area contributed by atoms with Gasteiger partial charge in [-0.2, -0.15) is 0 Å². The lowest BCUT2D eigenvalue weighted by molar-refractivity contribution is -0.116. The van der Waals surface area contributed by atoms with Crippen molar-refractivity contribution in [2.75, 3.05) is 11.9 Å². The first-order chi connectivity index (χ1) is 7.65. The fraction of sp³-hybridized carbons (Fsp3) is 0.364. The van der Waals surface area contributed by atoms with Crippen LogP contribution in [0, 0.1) is 0 Å². The molecule has 0 atom stereocenters. The third kappa shape index (κ3) is 4.00. The van der Waals surface area contributed by atoms with Crippen molar-refractivity contribution < 1.29 is 9.90 Å². The molecule has 1 aromatic carbocycles. The number of carbonyl (C=O) groups is 1. The van der Waals surface area contributed by atoms with E-state index in [9.17, 15) is 4.79 Å². The number of rotatable bonds is 5. The van der Waals surface area contributed by atoms with Crippen LogP contribution in [0.1, 0.15) is 19.3 Å². The zero-order valence-corrected chi connectivity index (χ0v) is 10.2. The van der Waals surface area contributed by atoms with Crippen molar-refractivity contribution in [3.05, 3.63) is 28.2 Å². The van der Waals surface area contributed by atoms with Crippen molar-refractivity contribution >= 4 is 34.8 Å². The molecule has 1 rings (SSSR count). The second-order valence-corrected chi connectivity index (χ2v) is 4.14. The molecule has 3 nitrogen and oxygen atoms in total. The highest BCUT2D eigenvalue weighted by atomic mass is 35.5. The van der Waals surface area contributed by atoms with Crippen LogP contribution in [-0.2, 0) is 4.79 Å². The van der Waals surface area contributed by atoms with Gasteiger partial charge in [0.15, 0.2) is 0 Å². The molecule has 0 aliphatic heterocycles. The van der Waals surface area contributed by atoms with E-state index in [2.05, 4.69) is 5.32 Å². The fourth-order valence-electron chi connectivity index (χ4n) is 1.22. The molecule has 0 aromatic heterocycles. The standard InChI is InChI=1S/C11H13Cl2NO2/c12-8-4-3-5-9(13)11(8)14-10(16)6-1-2-7-15/h3-5,15H,1-2,6-7H2,(H,14,16). The molecule has 16 heavy (non-hydrogen) atoms. The number of halogens is 2. The summed E-state index contributed by atoms with van der Waals surface area (Å²) in [4.78, 5) is 11.5. The number of anilines is 1. The van der Waals surface area contributed by atoms with Crippen LogP contribution in [0.25, 0.3) is 0 Å². The van der Waals surface area contributed by atoms with E-state index in [1.54, 1.807) is 18.2 Å². The minimum atomic E-state index is -0.150. The summed E-state index contributed by atoms with van der Waals surface area (Å²) in [5.41, 5.74) is 0.444. The number of unbranched alkanes of at least 4 members (excludes halogenated alkanes) is 1. The summed E-state index contributed by atoms with van der Waals surface area (Å²) in [6.45, 7) is 0.0974. The lowest BCUT2D eigenvalue weighted by Gasteiger charge is -2.08. The van der Waals surface area contributed by atoms with E-state index in [0.717, 1.165) is 0 Å². The maximum absolute atomic E-state index is 11.5. The number of hydrogen-bond acceptors (Lipinski definition) is 2. The third-order valence-corrected chi connectivity index (χ3v) is 2.67. The van der Waals surface area contributed by atoms with Gasteiger partial charge in [0.05, 0.1) is 15.7 Å². The molecule has 1 aromatic rings. The van der Waals surface area contributed by atoms with Crippen LogP contribution in [0.4, 0.5) is 5.69 Å². The molecule has 0 saturated carbocycles. The highest BCUT2D eigenvalue weighted by Gasteiger charge is 2.08. The van der Waals surface area contributed by atoms with Crippen LogP contribution in [-0.4, -0.2) is 17.6 Å². The SMILES string of the molecule is O=C(CCCCO)Nc1c(Cl)cccc1Cl. The number of para-hydroxylation sites is 1. The monoisotopic (exact) mass is 261 g/mol. The summed E-state index contributed by atoms with van der Waals surface area (Å²) in [5, 5.41) is 12.1. The Morgan fingerprint density at radius 2 is 1.88 bits per heavy atom. The highest BCUT2D eigenvalue weighted by molar-refractivity contribution is 6.39. The van der Waals surface area contributed by atoms with Crippen molar-refractivity contribution in [2.45, 2.75) is 19.3 Å². The summed E-state index contributed by atoms with van der Waals surface area (Å²) in [5.74, 6) is -0.150. The molecule has 0 bridgehead atoms. The van der Waals surface area contributed by atoms with E-state index in [1.165, 1.54) is 0 Å². The van der Waals surface area contributed by atoms with E-state index < -0.39 is 0 Å². The van der Waals surface area contributed by atoms with Gasteiger partial charge in [0, 0.05) is 13.0 Å². The van der Waals surface area contributed by atoms with E-state index in [0.29, 0.717) is 35.0 Å². The van der Waals surface area contributed by atoms with Gasteiger partial charge in [0.2, 0.25) is 5.91 Å². The highest BCUT2D eigenvalue weighted by Crippen LogP contribution is 2.29. The number of aliphatic hydroxyl groups is 1.